The fraction of sp³-hybridized carbons (Fsp3) is 0.538. The SMILES string of the molecule is C[C@@H](c1cc(SC(F)(F)F)ccc1O)N1CCNCC1.Cl.Cl. The molecule has 0 radical (unpaired) electrons. The Balaban J connectivity index is 0.00000220. The Hall–Kier alpha value is -0.340. The lowest BCUT2D eigenvalue weighted by molar-refractivity contribution is -0.0328. The predicted octanol–water partition coefficient (Wildman–Crippen LogP) is 3.81. The van der Waals surface area contributed by atoms with E-state index in [1.54, 1.807) is 0 Å². The van der Waals surface area contributed by atoms with Crippen molar-refractivity contribution >= 4 is 36.6 Å². The molecule has 2 rings (SSSR count). The van der Waals surface area contributed by atoms with Gasteiger partial charge < -0.3 is 10.4 Å². The minimum absolute atomic E-state index is 0. The van der Waals surface area contributed by atoms with Crippen LogP contribution in [-0.2, 0) is 0 Å². The Labute approximate surface area is 144 Å². The molecule has 1 aromatic carbocycles. The van der Waals surface area contributed by atoms with Crippen LogP contribution in [0.25, 0.3) is 0 Å². The van der Waals surface area contributed by atoms with Gasteiger partial charge in [0.25, 0.3) is 0 Å². The third-order valence-electron chi connectivity index (χ3n) is 3.38. The van der Waals surface area contributed by atoms with Crippen molar-refractivity contribution in [1.29, 1.82) is 0 Å². The van der Waals surface area contributed by atoms with Gasteiger partial charge in [0, 0.05) is 42.7 Å². The van der Waals surface area contributed by atoms with Crippen LogP contribution in [-0.4, -0.2) is 41.7 Å². The maximum absolute atomic E-state index is 12.4. The second-order valence-electron chi connectivity index (χ2n) is 4.73. The number of rotatable bonds is 3. The first-order valence-electron chi connectivity index (χ1n) is 6.40. The Bertz CT molecular complexity index is 471. The number of nitrogens with zero attached hydrogens (tertiary/aromatic N) is 1. The third kappa shape index (κ3) is 6.04. The summed E-state index contributed by atoms with van der Waals surface area (Å²) in [6.45, 7) is 5.24. The van der Waals surface area contributed by atoms with Gasteiger partial charge in [-0.1, -0.05) is 0 Å². The van der Waals surface area contributed by atoms with Crippen molar-refractivity contribution in [2.75, 3.05) is 26.2 Å². The standard InChI is InChI=1S/C13H17F3N2OS.2ClH/c1-9(18-6-4-17-5-7-18)11-8-10(2-3-12(11)19)20-13(14,15)16;;/h2-3,8-9,17,19H,4-7H2,1H3;2*1H/t9-;;/m0../s1. The quantitative estimate of drug-likeness (QED) is 0.783. The number of phenols is 1. The van der Waals surface area contributed by atoms with Gasteiger partial charge in [-0.25, -0.2) is 0 Å². The highest BCUT2D eigenvalue weighted by Gasteiger charge is 2.30. The Kier molecular flexibility index (Phi) is 8.94. The van der Waals surface area contributed by atoms with Gasteiger partial charge in [0.1, 0.15) is 5.75 Å². The van der Waals surface area contributed by atoms with E-state index in [0.29, 0.717) is 5.56 Å². The van der Waals surface area contributed by atoms with Gasteiger partial charge >= 0.3 is 5.51 Å². The molecule has 1 aliphatic heterocycles. The average Bonchev–Trinajstić information content (AvgIpc) is 2.40. The average molecular weight is 379 g/mol. The second-order valence-corrected chi connectivity index (χ2v) is 5.87. The van der Waals surface area contributed by atoms with Crippen LogP contribution in [0.2, 0.25) is 0 Å². The fourth-order valence-electron chi connectivity index (χ4n) is 2.33. The summed E-state index contributed by atoms with van der Waals surface area (Å²) in [7, 11) is 0. The number of phenolic OH excluding ortho intramolecular Hbond substituents is 1. The second kappa shape index (κ2) is 9.08. The summed E-state index contributed by atoms with van der Waals surface area (Å²) >= 11 is -0.154. The first-order chi connectivity index (χ1) is 9.37. The molecule has 1 saturated heterocycles. The number of thioether (sulfide) groups is 1. The lowest BCUT2D eigenvalue weighted by atomic mass is 10.1. The number of halogens is 5. The minimum atomic E-state index is -4.31. The van der Waals surface area contributed by atoms with Crippen molar-refractivity contribution in [1.82, 2.24) is 10.2 Å². The molecule has 0 aromatic heterocycles. The molecule has 0 bridgehead atoms. The van der Waals surface area contributed by atoms with Crippen molar-refractivity contribution in [2.45, 2.75) is 23.4 Å². The summed E-state index contributed by atoms with van der Waals surface area (Å²) < 4.78 is 37.2. The third-order valence-corrected chi connectivity index (χ3v) is 4.10. The number of nitrogens with one attached hydrogen (secondary N) is 1. The molecule has 0 saturated carbocycles. The number of alkyl halides is 3. The lowest BCUT2D eigenvalue weighted by Crippen LogP contribution is -2.44. The molecule has 9 heteroatoms. The van der Waals surface area contributed by atoms with Crippen LogP contribution >= 0.6 is 36.6 Å². The number of aromatic hydroxyl groups is 1. The van der Waals surface area contributed by atoms with E-state index in [1.807, 2.05) is 6.92 Å². The Morgan fingerprint density at radius 1 is 1.23 bits per heavy atom. The predicted molar refractivity (Wildman–Crippen MR) is 87.4 cm³/mol. The van der Waals surface area contributed by atoms with Crippen molar-refractivity contribution < 1.29 is 18.3 Å². The summed E-state index contributed by atoms with van der Waals surface area (Å²) in [5.41, 5.74) is -3.77. The molecule has 1 heterocycles. The zero-order valence-electron chi connectivity index (χ0n) is 11.9. The Morgan fingerprint density at radius 2 is 1.82 bits per heavy atom. The number of benzene rings is 1. The van der Waals surface area contributed by atoms with E-state index in [2.05, 4.69) is 10.2 Å². The van der Waals surface area contributed by atoms with Gasteiger partial charge in [0.05, 0.1) is 0 Å². The molecule has 1 atom stereocenters. The lowest BCUT2D eigenvalue weighted by Gasteiger charge is -2.33. The molecule has 0 aliphatic carbocycles. The molecule has 0 spiro atoms. The van der Waals surface area contributed by atoms with Gasteiger partial charge in [-0.15, -0.1) is 24.8 Å². The molecule has 1 aromatic rings. The highest BCUT2D eigenvalue weighted by atomic mass is 35.5. The summed E-state index contributed by atoms with van der Waals surface area (Å²) in [5, 5.41) is 13.1. The topological polar surface area (TPSA) is 35.5 Å². The van der Waals surface area contributed by atoms with E-state index in [4.69, 9.17) is 0 Å². The minimum Gasteiger partial charge on any atom is -0.508 e. The molecule has 22 heavy (non-hydrogen) atoms. The number of hydrogen-bond acceptors (Lipinski definition) is 4. The smallest absolute Gasteiger partial charge is 0.446 e. The van der Waals surface area contributed by atoms with Crippen molar-refractivity contribution in [3.05, 3.63) is 23.8 Å². The summed E-state index contributed by atoms with van der Waals surface area (Å²) in [4.78, 5) is 2.25. The summed E-state index contributed by atoms with van der Waals surface area (Å²) in [6, 6.07) is 3.95. The first kappa shape index (κ1) is 21.7. The van der Waals surface area contributed by atoms with Gasteiger partial charge in [0.2, 0.25) is 0 Å². The van der Waals surface area contributed by atoms with E-state index in [-0.39, 0.29) is 53.3 Å². The van der Waals surface area contributed by atoms with Crippen LogP contribution in [0.5, 0.6) is 5.75 Å². The van der Waals surface area contributed by atoms with E-state index < -0.39 is 5.51 Å². The van der Waals surface area contributed by atoms with Gasteiger partial charge in [-0.05, 0) is 36.9 Å². The molecule has 2 N–H and O–H groups in total. The zero-order chi connectivity index (χ0) is 14.8. The van der Waals surface area contributed by atoms with E-state index in [0.717, 1.165) is 26.2 Å². The molecule has 1 aliphatic rings. The van der Waals surface area contributed by atoms with Crippen LogP contribution in [0.15, 0.2) is 23.1 Å². The van der Waals surface area contributed by atoms with Gasteiger partial charge in [0.15, 0.2) is 0 Å². The van der Waals surface area contributed by atoms with Crippen LogP contribution in [0.1, 0.15) is 18.5 Å². The highest BCUT2D eigenvalue weighted by Crippen LogP contribution is 2.40. The van der Waals surface area contributed by atoms with E-state index >= 15 is 0 Å². The molecule has 128 valence electrons. The first-order valence-corrected chi connectivity index (χ1v) is 7.22. The maximum Gasteiger partial charge on any atom is 0.446 e. The van der Waals surface area contributed by atoms with Crippen molar-refractivity contribution in [3.63, 3.8) is 0 Å². The molecule has 3 nitrogen and oxygen atoms in total. The normalized spacial score (nSPS) is 17.3. The summed E-state index contributed by atoms with van der Waals surface area (Å²) in [6.07, 6.45) is 0. The fourth-order valence-corrected chi connectivity index (χ4v) is 2.92. The molecule has 0 unspecified atom stereocenters. The van der Waals surface area contributed by atoms with Crippen LogP contribution < -0.4 is 5.32 Å². The molecule has 0 amide bonds. The molecule has 1 fully saturated rings. The van der Waals surface area contributed by atoms with E-state index in [9.17, 15) is 18.3 Å². The van der Waals surface area contributed by atoms with Crippen molar-refractivity contribution in [2.24, 2.45) is 0 Å². The van der Waals surface area contributed by atoms with E-state index in [1.165, 1.54) is 18.2 Å². The number of piperazine rings is 1. The van der Waals surface area contributed by atoms with Crippen molar-refractivity contribution in [3.8, 4) is 5.75 Å². The molecular formula is C13H19Cl2F3N2OS. The Morgan fingerprint density at radius 3 is 2.36 bits per heavy atom. The summed E-state index contributed by atoms with van der Waals surface area (Å²) in [5.74, 6) is 0.0440. The largest absolute Gasteiger partial charge is 0.508 e. The zero-order valence-corrected chi connectivity index (χ0v) is 14.3. The molecular weight excluding hydrogens is 360 g/mol. The van der Waals surface area contributed by atoms with Crippen LogP contribution in [0, 0.1) is 0 Å². The van der Waals surface area contributed by atoms with Gasteiger partial charge in [-0.2, -0.15) is 13.2 Å². The number of hydrogen-bond donors (Lipinski definition) is 2. The highest BCUT2D eigenvalue weighted by molar-refractivity contribution is 8.00. The maximum atomic E-state index is 12.4. The van der Waals surface area contributed by atoms with Crippen LogP contribution in [0.3, 0.4) is 0 Å². The van der Waals surface area contributed by atoms with Crippen LogP contribution in [0.4, 0.5) is 13.2 Å². The monoisotopic (exact) mass is 378 g/mol. The van der Waals surface area contributed by atoms with Gasteiger partial charge in [-0.3, -0.25) is 4.90 Å².